The van der Waals surface area contributed by atoms with Crippen molar-refractivity contribution < 1.29 is 14.0 Å². The summed E-state index contributed by atoms with van der Waals surface area (Å²) in [6, 6.07) is 2.02. The Balaban J connectivity index is 2.10. The number of rotatable bonds is 8. The van der Waals surface area contributed by atoms with Gasteiger partial charge in [0.25, 0.3) is 5.91 Å². The molecule has 1 aliphatic rings. The first-order valence-electron chi connectivity index (χ1n) is 9.85. The SMILES string of the molecule is CCc1oc(C(=O)N2CC[C@@H](N(CC)C(C)=O)C2)cc1CN(CC)CC. The molecule has 0 aliphatic carbocycles. The van der Waals surface area contributed by atoms with Gasteiger partial charge in [-0.15, -0.1) is 0 Å². The number of likely N-dealkylation sites (tertiary alicyclic amines) is 1. The van der Waals surface area contributed by atoms with E-state index < -0.39 is 0 Å². The Morgan fingerprint density at radius 3 is 2.42 bits per heavy atom. The van der Waals surface area contributed by atoms with Crippen LogP contribution in [-0.2, 0) is 17.8 Å². The lowest BCUT2D eigenvalue weighted by atomic mass is 10.2. The highest BCUT2D eigenvalue weighted by Crippen LogP contribution is 2.23. The minimum atomic E-state index is -0.0624. The Bertz CT molecular complexity index is 622. The molecule has 1 aromatic rings. The summed E-state index contributed by atoms with van der Waals surface area (Å²) >= 11 is 0. The lowest BCUT2D eigenvalue weighted by molar-refractivity contribution is -0.130. The quantitative estimate of drug-likeness (QED) is 0.713. The molecule has 1 atom stereocenters. The first kappa shape index (κ1) is 20.5. The Kier molecular flexibility index (Phi) is 7.26. The van der Waals surface area contributed by atoms with Crippen LogP contribution in [0.25, 0.3) is 0 Å². The van der Waals surface area contributed by atoms with E-state index in [4.69, 9.17) is 4.42 Å². The Hall–Kier alpha value is -1.82. The van der Waals surface area contributed by atoms with Gasteiger partial charge in [0.15, 0.2) is 5.76 Å². The molecule has 0 bridgehead atoms. The molecule has 2 heterocycles. The largest absolute Gasteiger partial charge is 0.456 e. The predicted octanol–water partition coefficient (Wildman–Crippen LogP) is 2.77. The van der Waals surface area contributed by atoms with Crippen LogP contribution in [0.2, 0.25) is 0 Å². The average Bonchev–Trinajstić information content (AvgIpc) is 3.26. The van der Waals surface area contributed by atoms with Crippen molar-refractivity contribution in [3.05, 3.63) is 23.2 Å². The van der Waals surface area contributed by atoms with Gasteiger partial charge < -0.3 is 14.2 Å². The third-order valence-corrected chi connectivity index (χ3v) is 5.35. The summed E-state index contributed by atoms with van der Waals surface area (Å²) in [6.07, 6.45) is 1.60. The van der Waals surface area contributed by atoms with E-state index in [2.05, 4.69) is 25.7 Å². The molecule has 1 aromatic heterocycles. The Morgan fingerprint density at radius 2 is 1.88 bits per heavy atom. The van der Waals surface area contributed by atoms with Crippen LogP contribution in [0, 0.1) is 0 Å². The summed E-state index contributed by atoms with van der Waals surface area (Å²) in [5, 5.41) is 0. The molecule has 6 nitrogen and oxygen atoms in total. The van der Waals surface area contributed by atoms with Crippen LogP contribution in [0.4, 0.5) is 0 Å². The second-order valence-corrected chi connectivity index (χ2v) is 6.87. The standard InChI is InChI=1S/C20H33N3O3/c1-6-18-16(13-21(7-2)8-3)12-19(26-18)20(25)22-11-10-17(14-22)23(9-4)15(5)24/h12,17H,6-11,13-14H2,1-5H3/t17-/m1/s1. The van der Waals surface area contributed by atoms with E-state index in [0.717, 1.165) is 43.8 Å². The third kappa shape index (κ3) is 4.47. The van der Waals surface area contributed by atoms with Crippen LogP contribution in [-0.4, -0.2) is 65.3 Å². The topological polar surface area (TPSA) is 57.0 Å². The van der Waals surface area contributed by atoms with Crippen molar-refractivity contribution >= 4 is 11.8 Å². The van der Waals surface area contributed by atoms with E-state index in [1.54, 1.807) is 6.92 Å². The van der Waals surface area contributed by atoms with Crippen LogP contribution in [0.15, 0.2) is 10.5 Å². The molecule has 2 rings (SSSR count). The number of amides is 2. The smallest absolute Gasteiger partial charge is 0.289 e. The van der Waals surface area contributed by atoms with Gasteiger partial charge in [0, 0.05) is 45.1 Å². The van der Waals surface area contributed by atoms with Crippen molar-refractivity contribution in [2.45, 2.75) is 60.0 Å². The molecule has 1 aliphatic heterocycles. The molecule has 0 radical (unpaired) electrons. The molecule has 26 heavy (non-hydrogen) atoms. The Labute approximate surface area is 157 Å². The molecular weight excluding hydrogens is 330 g/mol. The number of likely N-dealkylation sites (N-methyl/N-ethyl adjacent to an activating group) is 1. The number of aryl methyl sites for hydroxylation is 1. The van der Waals surface area contributed by atoms with Gasteiger partial charge in [-0.3, -0.25) is 14.5 Å². The average molecular weight is 364 g/mol. The molecule has 0 N–H and O–H groups in total. The fraction of sp³-hybridized carbons (Fsp3) is 0.700. The van der Waals surface area contributed by atoms with Gasteiger partial charge in [-0.2, -0.15) is 0 Å². The first-order valence-corrected chi connectivity index (χ1v) is 9.85. The maximum absolute atomic E-state index is 12.9. The monoisotopic (exact) mass is 363 g/mol. The second-order valence-electron chi connectivity index (χ2n) is 6.87. The van der Waals surface area contributed by atoms with E-state index in [0.29, 0.717) is 25.4 Å². The minimum Gasteiger partial charge on any atom is -0.456 e. The Morgan fingerprint density at radius 1 is 1.19 bits per heavy atom. The lowest BCUT2D eigenvalue weighted by Crippen LogP contribution is -2.41. The highest BCUT2D eigenvalue weighted by atomic mass is 16.4. The zero-order valence-electron chi connectivity index (χ0n) is 16.9. The fourth-order valence-electron chi connectivity index (χ4n) is 3.77. The molecular formula is C20H33N3O3. The number of nitrogens with zero attached hydrogens (tertiary/aromatic N) is 3. The van der Waals surface area contributed by atoms with Crippen LogP contribution >= 0.6 is 0 Å². The van der Waals surface area contributed by atoms with Gasteiger partial charge in [-0.1, -0.05) is 20.8 Å². The molecule has 0 aromatic carbocycles. The molecule has 0 saturated carbocycles. The van der Waals surface area contributed by atoms with Gasteiger partial charge in [-0.25, -0.2) is 0 Å². The highest BCUT2D eigenvalue weighted by molar-refractivity contribution is 5.92. The number of furan rings is 1. The zero-order valence-corrected chi connectivity index (χ0v) is 16.9. The summed E-state index contributed by atoms with van der Waals surface area (Å²) in [4.78, 5) is 30.6. The van der Waals surface area contributed by atoms with Crippen molar-refractivity contribution in [1.29, 1.82) is 0 Å². The maximum Gasteiger partial charge on any atom is 0.289 e. The number of carbonyl (C=O) groups is 2. The van der Waals surface area contributed by atoms with Crippen LogP contribution < -0.4 is 0 Å². The van der Waals surface area contributed by atoms with Gasteiger partial charge in [-0.05, 0) is 32.5 Å². The van der Waals surface area contributed by atoms with E-state index in [9.17, 15) is 9.59 Å². The van der Waals surface area contributed by atoms with Crippen molar-refractivity contribution in [2.75, 3.05) is 32.7 Å². The molecule has 2 amide bonds. The van der Waals surface area contributed by atoms with Crippen LogP contribution in [0.1, 0.15) is 62.9 Å². The molecule has 0 unspecified atom stereocenters. The van der Waals surface area contributed by atoms with E-state index in [1.165, 1.54) is 0 Å². The normalized spacial score (nSPS) is 17.2. The molecule has 0 spiro atoms. The van der Waals surface area contributed by atoms with Crippen molar-refractivity contribution in [1.82, 2.24) is 14.7 Å². The van der Waals surface area contributed by atoms with Gasteiger partial charge in [0.05, 0.1) is 6.04 Å². The fourth-order valence-corrected chi connectivity index (χ4v) is 3.77. The summed E-state index contributed by atoms with van der Waals surface area (Å²) in [5.74, 6) is 1.33. The van der Waals surface area contributed by atoms with Gasteiger partial charge in [0.2, 0.25) is 5.91 Å². The van der Waals surface area contributed by atoms with Crippen molar-refractivity contribution in [3.8, 4) is 0 Å². The van der Waals surface area contributed by atoms with Gasteiger partial charge >= 0.3 is 0 Å². The highest BCUT2D eigenvalue weighted by Gasteiger charge is 2.33. The zero-order chi connectivity index (χ0) is 19.3. The number of hydrogen-bond donors (Lipinski definition) is 0. The van der Waals surface area contributed by atoms with Crippen LogP contribution in [0.5, 0.6) is 0 Å². The van der Waals surface area contributed by atoms with E-state index in [-0.39, 0.29) is 17.9 Å². The number of carbonyl (C=O) groups excluding carboxylic acids is 2. The number of hydrogen-bond acceptors (Lipinski definition) is 4. The van der Waals surface area contributed by atoms with Crippen molar-refractivity contribution in [2.24, 2.45) is 0 Å². The van der Waals surface area contributed by atoms with Crippen molar-refractivity contribution in [3.63, 3.8) is 0 Å². The molecule has 1 fully saturated rings. The predicted molar refractivity (Wildman–Crippen MR) is 102 cm³/mol. The summed E-state index contributed by atoms with van der Waals surface area (Å²) in [5.41, 5.74) is 1.11. The van der Waals surface area contributed by atoms with Crippen LogP contribution in [0.3, 0.4) is 0 Å². The maximum atomic E-state index is 12.9. The second kappa shape index (κ2) is 9.21. The summed E-state index contributed by atoms with van der Waals surface area (Å²) < 4.78 is 5.90. The third-order valence-electron chi connectivity index (χ3n) is 5.35. The molecule has 6 heteroatoms. The minimum absolute atomic E-state index is 0.0624. The molecule has 1 saturated heterocycles. The van der Waals surface area contributed by atoms with E-state index in [1.807, 2.05) is 22.8 Å². The van der Waals surface area contributed by atoms with E-state index >= 15 is 0 Å². The first-order chi connectivity index (χ1) is 12.4. The summed E-state index contributed by atoms with van der Waals surface area (Å²) in [7, 11) is 0. The van der Waals surface area contributed by atoms with Gasteiger partial charge in [0.1, 0.15) is 5.76 Å². The summed E-state index contributed by atoms with van der Waals surface area (Å²) in [6.45, 7) is 14.6. The molecule has 146 valence electrons. The lowest BCUT2D eigenvalue weighted by Gasteiger charge is -2.26.